The molecular weight excluding hydrogens is 498 g/mol. The van der Waals surface area contributed by atoms with Crippen molar-refractivity contribution in [2.24, 2.45) is 0 Å². The van der Waals surface area contributed by atoms with Gasteiger partial charge < -0.3 is 19.9 Å². The van der Waals surface area contributed by atoms with E-state index in [0.717, 1.165) is 33.0 Å². The van der Waals surface area contributed by atoms with E-state index in [1.807, 2.05) is 66.7 Å². The number of hydrogen-bond donors (Lipinski definition) is 2. The predicted molar refractivity (Wildman–Crippen MR) is 145 cm³/mol. The Hall–Kier alpha value is -3.56. The van der Waals surface area contributed by atoms with Gasteiger partial charge in [-0.3, -0.25) is 9.78 Å². The molecule has 0 aliphatic carbocycles. The van der Waals surface area contributed by atoms with Crippen molar-refractivity contribution in [1.82, 2.24) is 15.3 Å². The summed E-state index contributed by atoms with van der Waals surface area (Å²) in [7, 11) is 0. The molecule has 38 heavy (non-hydrogen) atoms. The Morgan fingerprint density at radius 3 is 2.42 bits per heavy atom. The highest BCUT2D eigenvalue weighted by Gasteiger charge is 2.32. The Bertz CT molecular complexity index is 1310. The van der Waals surface area contributed by atoms with Crippen LogP contribution >= 0.6 is 11.8 Å². The molecule has 2 aromatic heterocycles. The quantitative estimate of drug-likeness (QED) is 0.288. The minimum absolute atomic E-state index is 0.00984. The molecule has 1 aliphatic rings. The van der Waals surface area contributed by atoms with Crippen LogP contribution in [0.15, 0.2) is 102 Å². The average Bonchev–Trinajstić information content (AvgIpc) is 3.00. The van der Waals surface area contributed by atoms with E-state index in [2.05, 4.69) is 15.3 Å². The third-order valence-corrected chi connectivity index (χ3v) is 7.37. The largest absolute Gasteiger partial charge is 0.392 e. The lowest BCUT2D eigenvalue weighted by atomic mass is 10.0. The first-order chi connectivity index (χ1) is 18.7. The zero-order valence-electron chi connectivity index (χ0n) is 20.8. The highest BCUT2D eigenvalue weighted by molar-refractivity contribution is 7.99. The van der Waals surface area contributed by atoms with Crippen LogP contribution in [0.1, 0.15) is 51.4 Å². The maximum Gasteiger partial charge on any atom is 0.253 e. The monoisotopic (exact) mass is 527 g/mol. The Labute approximate surface area is 226 Å². The molecule has 1 amide bonds. The van der Waals surface area contributed by atoms with Crippen LogP contribution in [0.2, 0.25) is 0 Å². The molecular formula is C30H29N3O4S. The number of pyridine rings is 2. The van der Waals surface area contributed by atoms with Gasteiger partial charge in [-0.05, 0) is 41.0 Å². The maximum atomic E-state index is 12.3. The van der Waals surface area contributed by atoms with E-state index in [4.69, 9.17) is 9.47 Å². The Balaban J connectivity index is 1.27. The number of thioether (sulfide) groups is 1. The smallest absolute Gasteiger partial charge is 0.253 e. The number of rotatable bonds is 9. The lowest BCUT2D eigenvalue weighted by Crippen LogP contribution is -2.31. The van der Waals surface area contributed by atoms with E-state index >= 15 is 0 Å². The molecule has 4 aromatic rings. The number of aliphatic hydroxyl groups is 1. The molecule has 0 spiro atoms. The second-order valence-electron chi connectivity index (χ2n) is 9.00. The molecule has 3 atom stereocenters. The molecule has 3 heterocycles. The number of aromatic nitrogens is 2. The standard InChI is InChI=1S/C30H29N3O4S/c34-19-22-8-10-23(11-9-22)27-16-26(20-38-28-5-1-2-15-32-28)36-30(37-27)24-12-6-21(7-13-24)17-33-29(35)25-4-3-14-31-18-25/h1-15,18,26-27,30,34H,16-17,19-20H2,(H,33,35)/t26-,27+,30+/m1/s1. The van der Waals surface area contributed by atoms with Crippen LogP contribution in [-0.2, 0) is 22.6 Å². The minimum atomic E-state index is -0.528. The third kappa shape index (κ3) is 6.85. The molecule has 5 rings (SSSR count). The molecule has 1 saturated heterocycles. The molecule has 1 aliphatic heterocycles. The van der Waals surface area contributed by atoms with Crippen LogP contribution in [0.5, 0.6) is 0 Å². The van der Waals surface area contributed by atoms with E-state index in [0.29, 0.717) is 18.5 Å². The summed E-state index contributed by atoms with van der Waals surface area (Å²) in [6.07, 6.45) is 4.99. The van der Waals surface area contributed by atoms with E-state index in [1.165, 1.54) is 0 Å². The number of benzene rings is 2. The van der Waals surface area contributed by atoms with Crippen molar-refractivity contribution in [3.8, 4) is 0 Å². The number of hydrogen-bond acceptors (Lipinski definition) is 7. The van der Waals surface area contributed by atoms with E-state index in [-0.39, 0.29) is 24.7 Å². The average molecular weight is 528 g/mol. The SMILES string of the molecule is O=C(NCc1ccc([C@H]2O[C@@H](CSc3ccccn3)C[C@@H](c3ccc(CO)cc3)O2)cc1)c1cccnc1. The van der Waals surface area contributed by atoms with Crippen molar-refractivity contribution >= 4 is 17.7 Å². The van der Waals surface area contributed by atoms with Gasteiger partial charge in [0.25, 0.3) is 5.91 Å². The van der Waals surface area contributed by atoms with Crippen LogP contribution in [0.4, 0.5) is 0 Å². The van der Waals surface area contributed by atoms with Gasteiger partial charge >= 0.3 is 0 Å². The topological polar surface area (TPSA) is 93.6 Å². The summed E-state index contributed by atoms with van der Waals surface area (Å²) in [5.41, 5.74) is 4.33. The third-order valence-electron chi connectivity index (χ3n) is 6.30. The van der Waals surface area contributed by atoms with Crippen LogP contribution in [0.25, 0.3) is 0 Å². The summed E-state index contributed by atoms with van der Waals surface area (Å²) in [4.78, 5) is 20.7. The predicted octanol–water partition coefficient (Wildman–Crippen LogP) is 5.24. The van der Waals surface area contributed by atoms with Gasteiger partial charge in [-0.2, -0.15) is 0 Å². The molecule has 0 bridgehead atoms. The number of carbonyl (C=O) groups excluding carboxylic acids is 1. The van der Waals surface area contributed by atoms with Crippen LogP contribution in [0.3, 0.4) is 0 Å². The molecule has 1 fully saturated rings. The molecule has 194 valence electrons. The molecule has 2 aromatic carbocycles. The van der Waals surface area contributed by atoms with Gasteiger partial charge in [-0.1, -0.05) is 54.6 Å². The summed E-state index contributed by atoms with van der Waals surface area (Å²) >= 11 is 1.67. The van der Waals surface area contributed by atoms with Crippen molar-refractivity contribution in [3.63, 3.8) is 0 Å². The zero-order chi connectivity index (χ0) is 26.2. The summed E-state index contributed by atoms with van der Waals surface area (Å²) in [5, 5.41) is 13.3. The molecule has 2 N–H and O–H groups in total. The van der Waals surface area contributed by atoms with Crippen molar-refractivity contribution < 1.29 is 19.4 Å². The maximum absolute atomic E-state index is 12.3. The Morgan fingerprint density at radius 2 is 1.71 bits per heavy atom. The molecule has 0 saturated carbocycles. The zero-order valence-corrected chi connectivity index (χ0v) is 21.6. The molecule has 0 radical (unpaired) electrons. The number of ether oxygens (including phenoxy) is 2. The number of nitrogens with zero attached hydrogens (tertiary/aromatic N) is 2. The molecule has 7 nitrogen and oxygen atoms in total. The Morgan fingerprint density at radius 1 is 0.921 bits per heavy atom. The minimum Gasteiger partial charge on any atom is -0.392 e. The number of nitrogens with one attached hydrogen (secondary N) is 1. The first-order valence-corrected chi connectivity index (χ1v) is 13.5. The summed E-state index contributed by atoms with van der Waals surface area (Å²) in [6, 6.07) is 25.1. The van der Waals surface area contributed by atoms with Gasteiger partial charge in [0.05, 0.1) is 29.4 Å². The fourth-order valence-corrected chi connectivity index (χ4v) is 5.09. The van der Waals surface area contributed by atoms with Crippen molar-refractivity contribution in [2.45, 2.75) is 43.1 Å². The van der Waals surface area contributed by atoms with E-state index < -0.39 is 6.29 Å². The normalized spacial score (nSPS) is 19.1. The van der Waals surface area contributed by atoms with Crippen molar-refractivity contribution in [3.05, 3.63) is 125 Å². The fraction of sp³-hybridized carbons (Fsp3) is 0.233. The lowest BCUT2D eigenvalue weighted by molar-refractivity contribution is -0.245. The first kappa shape index (κ1) is 26.1. The van der Waals surface area contributed by atoms with Crippen molar-refractivity contribution in [2.75, 3.05) is 5.75 Å². The highest BCUT2D eigenvalue weighted by atomic mass is 32.2. The second-order valence-corrected chi connectivity index (χ2v) is 10.0. The summed E-state index contributed by atoms with van der Waals surface area (Å²) < 4.78 is 12.8. The number of carbonyl (C=O) groups is 1. The summed E-state index contributed by atoms with van der Waals surface area (Å²) in [5.74, 6) is 0.588. The van der Waals surface area contributed by atoms with Crippen LogP contribution in [-0.4, -0.2) is 32.8 Å². The fourth-order valence-electron chi connectivity index (χ4n) is 4.21. The second kappa shape index (κ2) is 12.8. The highest BCUT2D eigenvalue weighted by Crippen LogP contribution is 2.39. The van der Waals surface area contributed by atoms with Gasteiger partial charge in [0.15, 0.2) is 6.29 Å². The van der Waals surface area contributed by atoms with Gasteiger partial charge in [0, 0.05) is 42.9 Å². The van der Waals surface area contributed by atoms with E-state index in [9.17, 15) is 9.90 Å². The van der Waals surface area contributed by atoms with E-state index in [1.54, 1.807) is 42.5 Å². The summed E-state index contributed by atoms with van der Waals surface area (Å²) in [6.45, 7) is 0.416. The lowest BCUT2D eigenvalue weighted by Gasteiger charge is -2.36. The number of aliphatic hydroxyl groups excluding tert-OH is 1. The van der Waals surface area contributed by atoms with Crippen LogP contribution in [0, 0.1) is 0 Å². The van der Waals surface area contributed by atoms with Gasteiger partial charge in [0.1, 0.15) is 0 Å². The van der Waals surface area contributed by atoms with Crippen molar-refractivity contribution in [1.29, 1.82) is 0 Å². The Kier molecular flexibility index (Phi) is 8.78. The van der Waals surface area contributed by atoms with Crippen LogP contribution < -0.4 is 5.32 Å². The van der Waals surface area contributed by atoms with Gasteiger partial charge in [-0.15, -0.1) is 11.8 Å². The molecule has 0 unspecified atom stereocenters. The van der Waals surface area contributed by atoms with Gasteiger partial charge in [-0.25, -0.2) is 4.98 Å². The van der Waals surface area contributed by atoms with Gasteiger partial charge in [0.2, 0.25) is 0 Å². The molecule has 8 heteroatoms. The first-order valence-electron chi connectivity index (χ1n) is 12.5. The number of amides is 1.